The van der Waals surface area contributed by atoms with Crippen molar-refractivity contribution >= 4 is 12.1 Å². The predicted octanol–water partition coefficient (Wildman–Crippen LogP) is 2.74. The van der Waals surface area contributed by atoms with Crippen molar-refractivity contribution in [1.82, 2.24) is 15.5 Å². The number of ether oxygens (including phenoxy) is 1. The van der Waals surface area contributed by atoms with Crippen molar-refractivity contribution in [2.75, 3.05) is 26.7 Å². The first kappa shape index (κ1) is 19.6. The molecule has 0 aromatic heterocycles. The lowest BCUT2D eigenvalue weighted by Crippen LogP contribution is -2.44. The lowest BCUT2D eigenvalue weighted by molar-refractivity contribution is 0.0304. The molecule has 1 rings (SSSR count). The van der Waals surface area contributed by atoms with Crippen LogP contribution in [0, 0.1) is 0 Å². The standard InChI is InChI=1S/C17H34N4O2/c1-6-18-15(20-14-10-8-7-9-11-14)19-12-13-21(5)16(22)23-17(2,3)4/h14H,6-13H2,1-5H3,(H2,18,19,20). The SMILES string of the molecule is CCNC(=NCCN(C)C(=O)OC(C)(C)C)NC1CCCCC1. The van der Waals surface area contributed by atoms with Gasteiger partial charge in [0.15, 0.2) is 5.96 Å². The number of carbonyl (C=O) groups excluding carboxylic acids is 1. The molecule has 0 radical (unpaired) electrons. The Morgan fingerprint density at radius 1 is 1.26 bits per heavy atom. The third-order valence-electron chi connectivity index (χ3n) is 3.70. The van der Waals surface area contributed by atoms with Gasteiger partial charge in [-0.1, -0.05) is 19.3 Å². The van der Waals surface area contributed by atoms with Gasteiger partial charge >= 0.3 is 6.09 Å². The molecule has 1 saturated carbocycles. The van der Waals surface area contributed by atoms with Crippen LogP contribution < -0.4 is 10.6 Å². The number of hydrogen-bond donors (Lipinski definition) is 2. The number of aliphatic imine (C=N–C) groups is 1. The van der Waals surface area contributed by atoms with Gasteiger partial charge in [-0.05, 0) is 40.5 Å². The number of hydrogen-bond acceptors (Lipinski definition) is 3. The van der Waals surface area contributed by atoms with E-state index in [1.807, 2.05) is 20.8 Å². The molecular weight excluding hydrogens is 292 g/mol. The van der Waals surface area contributed by atoms with Crippen LogP contribution in [-0.2, 0) is 4.74 Å². The Bertz CT molecular complexity index is 385. The van der Waals surface area contributed by atoms with Crippen LogP contribution in [0.5, 0.6) is 0 Å². The van der Waals surface area contributed by atoms with Crippen molar-refractivity contribution in [3.05, 3.63) is 0 Å². The normalized spacial score (nSPS) is 16.8. The van der Waals surface area contributed by atoms with E-state index in [4.69, 9.17) is 4.74 Å². The summed E-state index contributed by atoms with van der Waals surface area (Å²) in [6.07, 6.45) is 6.03. The van der Waals surface area contributed by atoms with E-state index in [0.29, 0.717) is 19.1 Å². The van der Waals surface area contributed by atoms with Crippen LogP contribution in [0.15, 0.2) is 4.99 Å². The topological polar surface area (TPSA) is 66.0 Å². The zero-order valence-electron chi connectivity index (χ0n) is 15.4. The van der Waals surface area contributed by atoms with E-state index in [1.54, 1.807) is 11.9 Å². The third kappa shape index (κ3) is 8.67. The molecule has 0 atom stereocenters. The number of nitrogens with one attached hydrogen (secondary N) is 2. The summed E-state index contributed by atoms with van der Waals surface area (Å²) >= 11 is 0. The van der Waals surface area contributed by atoms with E-state index in [9.17, 15) is 4.79 Å². The van der Waals surface area contributed by atoms with Gasteiger partial charge in [-0.25, -0.2) is 4.79 Å². The van der Waals surface area contributed by atoms with Crippen molar-refractivity contribution in [3.63, 3.8) is 0 Å². The molecule has 0 heterocycles. The molecule has 0 saturated heterocycles. The van der Waals surface area contributed by atoms with Gasteiger partial charge < -0.3 is 20.3 Å². The molecule has 2 N–H and O–H groups in total. The van der Waals surface area contributed by atoms with Gasteiger partial charge in [0, 0.05) is 26.2 Å². The lowest BCUT2D eigenvalue weighted by atomic mass is 9.96. The number of carbonyl (C=O) groups is 1. The van der Waals surface area contributed by atoms with Crippen LogP contribution in [0.3, 0.4) is 0 Å². The van der Waals surface area contributed by atoms with Crippen LogP contribution >= 0.6 is 0 Å². The molecule has 1 amide bonds. The van der Waals surface area contributed by atoms with Crippen molar-refractivity contribution in [2.45, 2.75) is 71.4 Å². The lowest BCUT2D eigenvalue weighted by Gasteiger charge is -2.25. The quantitative estimate of drug-likeness (QED) is 0.602. The number of amides is 1. The first-order chi connectivity index (χ1) is 10.8. The highest BCUT2D eigenvalue weighted by Gasteiger charge is 2.19. The Balaban J connectivity index is 2.42. The summed E-state index contributed by atoms with van der Waals surface area (Å²) in [5.41, 5.74) is -0.466. The Kier molecular flexibility index (Phi) is 8.20. The van der Waals surface area contributed by atoms with E-state index in [2.05, 4.69) is 22.5 Å². The second-order valence-corrected chi connectivity index (χ2v) is 7.14. The van der Waals surface area contributed by atoms with Gasteiger partial charge in [-0.2, -0.15) is 0 Å². The molecule has 1 fully saturated rings. The minimum absolute atomic E-state index is 0.307. The van der Waals surface area contributed by atoms with Crippen molar-refractivity contribution in [3.8, 4) is 0 Å². The van der Waals surface area contributed by atoms with E-state index in [0.717, 1.165) is 12.5 Å². The Morgan fingerprint density at radius 3 is 2.48 bits per heavy atom. The zero-order chi connectivity index (χ0) is 17.3. The molecule has 0 unspecified atom stereocenters. The van der Waals surface area contributed by atoms with Crippen molar-refractivity contribution in [2.24, 2.45) is 4.99 Å². The van der Waals surface area contributed by atoms with Gasteiger partial charge in [-0.15, -0.1) is 0 Å². The van der Waals surface area contributed by atoms with E-state index in [-0.39, 0.29) is 6.09 Å². The summed E-state index contributed by atoms with van der Waals surface area (Å²) in [4.78, 5) is 18.0. The number of rotatable bonds is 5. The fourth-order valence-electron chi connectivity index (χ4n) is 2.50. The largest absolute Gasteiger partial charge is 0.444 e. The van der Waals surface area contributed by atoms with E-state index in [1.165, 1.54) is 32.1 Å². The first-order valence-corrected chi connectivity index (χ1v) is 8.81. The molecule has 0 spiro atoms. The van der Waals surface area contributed by atoms with Gasteiger partial charge in [0.1, 0.15) is 5.60 Å². The van der Waals surface area contributed by atoms with Gasteiger partial charge in [0.2, 0.25) is 0 Å². The smallest absolute Gasteiger partial charge is 0.410 e. The van der Waals surface area contributed by atoms with Gasteiger partial charge in [0.05, 0.1) is 6.54 Å². The number of likely N-dealkylation sites (N-methyl/N-ethyl adjacent to an activating group) is 1. The van der Waals surface area contributed by atoms with E-state index >= 15 is 0 Å². The van der Waals surface area contributed by atoms with Crippen LogP contribution in [0.2, 0.25) is 0 Å². The summed E-state index contributed by atoms with van der Waals surface area (Å²) in [6.45, 7) is 9.59. The summed E-state index contributed by atoms with van der Waals surface area (Å²) in [5, 5.41) is 6.78. The minimum atomic E-state index is -0.466. The van der Waals surface area contributed by atoms with Crippen LogP contribution in [0.4, 0.5) is 4.79 Å². The number of nitrogens with zero attached hydrogens (tertiary/aromatic N) is 2. The third-order valence-corrected chi connectivity index (χ3v) is 3.70. The molecule has 134 valence electrons. The maximum atomic E-state index is 11.9. The summed E-state index contributed by atoms with van der Waals surface area (Å²) in [6, 6.07) is 0.519. The van der Waals surface area contributed by atoms with Crippen molar-refractivity contribution < 1.29 is 9.53 Å². The van der Waals surface area contributed by atoms with Crippen LogP contribution in [0.25, 0.3) is 0 Å². The number of guanidine groups is 1. The Labute approximate surface area is 141 Å². The summed E-state index contributed by atoms with van der Waals surface area (Å²) < 4.78 is 5.33. The minimum Gasteiger partial charge on any atom is -0.444 e. The zero-order valence-corrected chi connectivity index (χ0v) is 15.4. The molecule has 23 heavy (non-hydrogen) atoms. The van der Waals surface area contributed by atoms with E-state index < -0.39 is 5.60 Å². The van der Waals surface area contributed by atoms with Crippen molar-refractivity contribution in [1.29, 1.82) is 0 Å². The predicted molar refractivity (Wildman–Crippen MR) is 94.9 cm³/mol. The summed E-state index contributed by atoms with van der Waals surface area (Å²) in [7, 11) is 1.74. The maximum absolute atomic E-state index is 11.9. The highest BCUT2D eigenvalue weighted by atomic mass is 16.6. The van der Waals surface area contributed by atoms with Gasteiger partial charge in [-0.3, -0.25) is 4.99 Å². The average Bonchev–Trinajstić information content (AvgIpc) is 2.46. The fraction of sp³-hybridized carbons (Fsp3) is 0.882. The monoisotopic (exact) mass is 326 g/mol. The van der Waals surface area contributed by atoms with Crippen LogP contribution in [-0.4, -0.2) is 55.3 Å². The molecule has 0 aromatic carbocycles. The molecule has 1 aliphatic carbocycles. The Morgan fingerprint density at radius 2 is 1.91 bits per heavy atom. The second kappa shape index (κ2) is 9.63. The van der Waals surface area contributed by atoms with Gasteiger partial charge in [0.25, 0.3) is 0 Å². The molecule has 0 aliphatic heterocycles. The second-order valence-electron chi connectivity index (χ2n) is 7.14. The van der Waals surface area contributed by atoms with Crippen LogP contribution in [0.1, 0.15) is 59.8 Å². The highest BCUT2D eigenvalue weighted by molar-refractivity contribution is 5.80. The molecule has 6 nitrogen and oxygen atoms in total. The Hall–Kier alpha value is -1.46. The fourth-order valence-corrected chi connectivity index (χ4v) is 2.50. The average molecular weight is 326 g/mol. The molecule has 1 aliphatic rings. The molecule has 6 heteroatoms. The molecular formula is C17H34N4O2. The maximum Gasteiger partial charge on any atom is 0.410 e. The summed E-state index contributed by atoms with van der Waals surface area (Å²) in [5.74, 6) is 0.844. The molecule has 0 aromatic rings. The highest BCUT2D eigenvalue weighted by Crippen LogP contribution is 2.17. The molecule has 0 bridgehead atoms. The first-order valence-electron chi connectivity index (χ1n) is 8.81.